The minimum atomic E-state index is -1.17. The van der Waals surface area contributed by atoms with Gasteiger partial charge in [-0.2, -0.15) is 0 Å². The number of anilines is 1. The zero-order valence-electron chi connectivity index (χ0n) is 10.4. The van der Waals surface area contributed by atoms with Gasteiger partial charge in [-0.1, -0.05) is 27.5 Å². The summed E-state index contributed by atoms with van der Waals surface area (Å²) in [7, 11) is 0. The highest BCUT2D eigenvalue weighted by Gasteiger charge is 2.16. The van der Waals surface area contributed by atoms with Crippen molar-refractivity contribution in [2.75, 3.05) is 5.32 Å². The van der Waals surface area contributed by atoms with Crippen LogP contribution < -0.4 is 5.32 Å². The molecule has 0 aliphatic heterocycles. The first-order valence-corrected chi connectivity index (χ1v) is 7.64. The summed E-state index contributed by atoms with van der Waals surface area (Å²) in [6.45, 7) is 0. The second-order valence-electron chi connectivity index (χ2n) is 4.07. The fourth-order valence-corrected chi connectivity index (χ4v) is 2.62. The average molecular weight is 433 g/mol. The van der Waals surface area contributed by atoms with E-state index in [4.69, 9.17) is 16.7 Å². The highest BCUT2D eigenvalue weighted by molar-refractivity contribution is 9.11. The van der Waals surface area contributed by atoms with Crippen LogP contribution in [0.3, 0.4) is 0 Å². The lowest BCUT2D eigenvalue weighted by Gasteiger charge is -2.10. The number of carbonyl (C=O) groups excluding carboxylic acids is 1. The summed E-state index contributed by atoms with van der Waals surface area (Å²) in [5.41, 5.74) is 0.501. The van der Waals surface area contributed by atoms with Crippen molar-refractivity contribution in [1.82, 2.24) is 0 Å². The molecule has 1 amide bonds. The third kappa shape index (κ3) is 3.84. The highest BCUT2D eigenvalue weighted by Crippen LogP contribution is 2.25. The van der Waals surface area contributed by atoms with Crippen LogP contribution in [0.5, 0.6) is 0 Å². The third-order valence-electron chi connectivity index (χ3n) is 2.63. The second-order valence-corrected chi connectivity index (χ2v) is 6.28. The molecule has 0 heterocycles. The Kier molecular flexibility index (Phi) is 5.03. The van der Waals surface area contributed by atoms with Crippen molar-refractivity contribution < 1.29 is 14.7 Å². The number of amides is 1. The minimum absolute atomic E-state index is 0.0676. The number of hydrogen-bond acceptors (Lipinski definition) is 2. The van der Waals surface area contributed by atoms with Crippen molar-refractivity contribution in [3.63, 3.8) is 0 Å². The molecule has 0 aliphatic rings. The summed E-state index contributed by atoms with van der Waals surface area (Å²) in [5, 5.41) is 12.0. The van der Waals surface area contributed by atoms with Gasteiger partial charge in [0, 0.05) is 14.0 Å². The van der Waals surface area contributed by atoms with Gasteiger partial charge in [-0.15, -0.1) is 0 Å². The van der Waals surface area contributed by atoms with Crippen LogP contribution in [0.15, 0.2) is 45.3 Å². The maximum atomic E-state index is 12.3. The van der Waals surface area contributed by atoms with Gasteiger partial charge >= 0.3 is 5.97 Å². The molecular formula is C14H8Br2ClNO3. The molecule has 2 N–H and O–H groups in total. The largest absolute Gasteiger partial charge is 0.478 e. The Labute approximate surface area is 142 Å². The molecule has 0 aliphatic carbocycles. The van der Waals surface area contributed by atoms with E-state index in [1.54, 1.807) is 18.2 Å². The molecule has 21 heavy (non-hydrogen) atoms. The fraction of sp³-hybridized carbons (Fsp3) is 0. The van der Waals surface area contributed by atoms with Gasteiger partial charge in [0.05, 0.1) is 16.8 Å². The van der Waals surface area contributed by atoms with Gasteiger partial charge in [0.25, 0.3) is 5.91 Å². The molecule has 2 aromatic carbocycles. The standard InChI is InChI=1S/C14H8Br2ClNO3/c15-7-1-3-11(16)9(5-7)13(19)18-12-4-2-8(17)6-10(12)14(20)21/h1-6H,(H,18,19)(H,20,21). The molecule has 0 aromatic heterocycles. The van der Waals surface area contributed by atoms with E-state index in [1.165, 1.54) is 18.2 Å². The number of nitrogens with one attached hydrogen (secondary N) is 1. The SMILES string of the molecule is O=C(Nc1ccc(Cl)cc1C(=O)O)c1cc(Br)ccc1Br. The smallest absolute Gasteiger partial charge is 0.337 e. The van der Waals surface area contributed by atoms with Gasteiger partial charge < -0.3 is 10.4 Å². The van der Waals surface area contributed by atoms with Gasteiger partial charge in [0.15, 0.2) is 0 Å². The molecule has 0 fully saturated rings. The number of rotatable bonds is 3. The monoisotopic (exact) mass is 431 g/mol. The molecule has 0 spiro atoms. The van der Waals surface area contributed by atoms with Crippen molar-refractivity contribution in [3.05, 3.63) is 61.5 Å². The van der Waals surface area contributed by atoms with E-state index in [-0.39, 0.29) is 16.3 Å². The van der Waals surface area contributed by atoms with Crippen molar-refractivity contribution >= 4 is 61.0 Å². The lowest BCUT2D eigenvalue weighted by atomic mass is 10.1. The molecule has 2 aromatic rings. The summed E-state index contributed by atoms with van der Waals surface area (Å²) in [6.07, 6.45) is 0. The van der Waals surface area contributed by atoms with Crippen LogP contribution in [0, 0.1) is 0 Å². The minimum Gasteiger partial charge on any atom is -0.478 e. The molecule has 2 rings (SSSR count). The van der Waals surface area contributed by atoms with Crippen LogP contribution in [-0.4, -0.2) is 17.0 Å². The van der Waals surface area contributed by atoms with E-state index in [0.29, 0.717) is 10.0 Å². The lowest BCUT2D eigenvalue weighted by Crippen LogP contribution is -2.15. The van der Waals surface area contributed by atoms with Gasteiger partial charge in [0.1, 0.15) is 0 Å². The third-order valence-corrected chi connectivity index (χ3v) is 4.05. The molecular weight excluding hydrogens is 425 g/mol. The highest BCUT2D eigenvalue weighted by atomic mass is 79.9. The quantitative estimate of drug-likeness (QED) is 0.730. The van der Waals surface area contributed by atoms with Crippen LogP contribution in [0.25, 0.3) is 0 Å². The first-order valence-electron chi connectivity index (χ1n) is 5.67. The maximum absolute atomic E-state index is 12.3. The summed E-state index contributed by atoms with van der Waals surface area (Å²) in [6, 6.07) is 9.39. The Morgan fingerprint density at radius 1 is 1.05 bits per heavy atom. The second kappa shape index (κ2) is 6.60. The Morgan fingerprint density at radius 3 is 2.43 bits per heavy atom. The first-order chi connectivity index (χ1) is 9.88. The van der Waals surface area contributed by atoms with E-state index in [1.807, 2.05) is 0 Å². The van der Waals surface area contributed by atoms with Gasteiger partial charge in [-0.25, -0.2) is 4.79 Å². The molecule has 0 bridgehead atoms. The van der Waals surface area contributed by atoms with Crippen molar-refractivity contribution in [3.8, 4) is 0 Å². The number of carboxylic acids is 1. The Balaban J connectivity index is 2.36. The van der Waals surface area contributed by atoms with Crippen LogP contribution >= 0.6 is 43.5 Å². The van der Waals surface area contributed by atoms with Crippen LogP contribution in [0.4, 0.5) is 5.69 Å². The van der Waals surface area contributed by atoms with E-state index in [9.17, 15) is 9.59 Å². The average Bonchev–Trinajstić information content (AvgIpc) is 2.43. The number of hydrogen-bond donors (Lipinski definition) is 2. The maximum Gasteiger partial charge on any atom is 0.337 e. The van der Waals surface area contributed by atoms with Crippen molar-refractivity contribution in [2.24, 2.45) is 0 Å². The van der Waals surface area contributed by atoms with Gasteiger partial charge in [0.2, 0.25) is 0 Å². The lowest BCUT2D eigenvalue weighted by molar-refractivity contribution is 0.0698. The molecule has 0 atom stereocenters. The molecule has 108 valence electrons. The number of aromatic carboxylic acids is 1. The van der Waals surface area contributed by atoms with Gasteiger partial charge in [-0.3, -0.25) is 4.79 Å². The summed E-state index contributed by atoms with van der Waals surface area (Å²) in [5.74, 6) is -1.59. The van der Waals surface area contributed by atoms with Crippen molar-refractivity contribution in [2.45, 2.75) is 0 Å². The van der Waals surface area contributed by atoms with E-state index >= 15 is 0 Å². The van der Waals surface area contributed by atoms with Gasteiger partial charge in [-0.05, 0) is 52.3 Å². The van der Waals surface area contributed by atoms with Crippen molar-refractivity contribution in [1.29, 1.82) is 0 Å². The fourth-order valence-electron chi connectivity index (χ4n) is 1.66. The predicted octanol–water partition coefficient (Wildman–Crippen LogP) is 4.82. The van der Waals surface area contributed by atoms with E-state index in [2.05, 4.69) is 37.2 Å². The van der Waals surface area contributed by atoms with E-state index < -0.39 is 11.9 Å². The normalized spacial score (nSPS) is 10.2. The first kappa shape index (κ1) is 16.0. The summed E-state index contributed by atoms with van der Waals surface area (Å²) >= 11 is 12.3. The Hall–Kier alpha value is -1.37. The Morgan fingerprint density at radius 2 is 1.76 bits per heavy atom. The van der Waals surface area contributed by atoms with Crippen LogP contribution in [-0.2, 0) is 0 Å². The number of carboxylic acid groups (broad SMARTS) is 1. The van der Waals surface area contributed by atoms with E-state index in [0.717, 1.165) is 4.47 Å². The zero-order valence-corrected chi connectivity index (χ0v) is 14.3. The zero-order chi connectivity index (χ0) is 15.6. The molecule has 0 radical (unpaired) electrons. The molecule has 0 saturated carbocycles. The summed E-state index contributed by atoms with van der Waals surface area (Å²) in [4.78, 5) is 23.4. The topological polar surface area (TPSA) is 66.4 Å². The van der Waals surface area contributed by atoms with Crippen LogP contribution in [0.1, 0.15) is 20.7 Å². The molecule has 7 heteroatoms. The number of carbonyl (C=O) groups is 2. The molecule has 0 unspecified atom stereocenters. The molecule has 4 nitrogen and oxygen atoms in total. The molecule has 0 saturated heterocycles. The summed E-state index contributed by atoms with van der Waals surface area (Å²) < 4.78 is 1.35. The predicted molar refractivity (Wildman–Crippen MR) is 88.2 cm³/mol. The van der Waals surface area contributed by atoms with Crippen LogP contribution in [0.2, 0.25) is 5.02 Å². The number of halogens is 3. The number of benzene rings is 2. The Bertz CT molecular complexity index is 734.